The van der Waals surface area contributed by atoms with Gasteiger partial charge in [-0.15, -0.1) is 0 Å². The van der Waals surface area contributed by atoms with Crippen molar-refractivity contribution in [1.82, 2.24) is 0 Å². The highest BCUT2D eigenvalue weighted by Crippen LogP contribution is 2.37. The third kappa shape index (κ3) is 3.92. The van der Waals surface area contributed by atoms with Gasteiger partial charge in [0.2, 0.25) is 0 Å². The molecule has 0 aromatic heterocycles. The van der Waals surface area contributed by atoms with Crippen molar-refractivity contribution in [3.63, 3.8) is 0 Å². The zero-order valence-electron chi connectivity index (χ0n) is 14.1. The zero-order chi connectivity index (χ0) is 16.9. The molecule has 0 unspecified atom stereocenters. The van der Waals surface area contributed by atoms with Gasteiger partial charge in [-0.2, -0.15) is 0 Å². The molecule has 1 aliphatic rings. The third-order valence-corrected chi connectivity index (χ3v) is 5.19. The van der Waals surface area contributed by atoms with Crippen molar-refractivity contribution in [2.45, 2.75) is 44.9 Å². The molecule has 0 amide bonds. The minimum atomic E-state index is -0.801. The summed E-state index contributed by atoms with van der Waals surface area (Å²) in [6.07, 6.45) is 10.7. The Kier molecular flexibility index (Phi) is 5.44. The second-order valence-corrected chi connectivity index (χ2v) is 6.77. The Hall–Kier alpha value is -1.96. The van der Waals surface area contributed by atoms with Gasteiger partial charge in [0, 0.05) is 0 Å². The first-order chi connectivity index (χ1) is 11.7. The monoisotopic (exact) mass is 326 g/mol. The van der Waals surface area contributed by atoms with Gasteiger partial charge in [0.1, 0.15) is 0 Å². The van der Waals surface area contributed by atoms with Crippen LogP contribution in [0.1, 0.15) is 50.5 Å². The van der Waals surface area contributed by atoms with E-state index in [1.165, 1.54) is 49.8 Å². The molecule has 0 aliphatic heterocycles. The molecule has 1 fully saturated rings. The van der Waals surface area contributed by atoms with Crippen LogP contribution in [0.5, 0.6) is 0 Å². The van der Waals surface area contributed by atoms with E-state index in [1.807, 2.05) is 12.1 Å². The molecule has 0 N–H and O–H groups in total. The lowest BCUT2D eigenvalue weighted by Gasteiger charge is -2.28. The van der Waals surface area contributed by atoms with Crippen LogP contribution in [-0.4, -0.2) is 0 Å². The van der Waals surface area contributed by atoms with Crippen LogP contribution >= 0.6 is 0 Å². The summed E-state index contributed by atoms with van der Waals surface area (Å²) in [5, 5.41) is 0. The highest BCUT2D eigenvalue weighted by molar-refractivity contribution is 5.63. The number of hydrogen-bond acceptors (Lipinski definition) is 0. The molecule has 1 saturated carbocycles. The molecule has 0 bridgehead atoms. The standard InChI is InChI=1S/C22H24F2/c1-2-3-4-16-5-7-17(8-6-16)18-9-11-19(12-10-18)20-13-14-21(23)22(24)15-20/h2-3,9-17H,4-8H2,1H3. The van der Waals surface area contributed by atoms with Crippen LogP contribution in [0.25, 0.3) is 11.1 Å². The van der Waals surface area contributed by atoms with Crippen molar-refractivity contribution >= 4 is 0 Å². The second kappa shape index (κ2) is 7.74. The lowest BCUT2D eigenvalue weighted by Crippen LogP contribution is -2.12. The molecule has 0 saturated heterocycles. The molecule has 3 rings (SSSR count). The molecule has 126 valence electrons. The van der Waals surface area contributed by atoms with Gasteiger partial charge in [-0.25, -0.2) is 8.78 Å². The molecule has 2 aromatic carbocycles. The molecular formula is C22H24F2. The van der Waals surface area contributed by atoms with E-state index in [0.29, 0.717) is 5.92 Å². The Morgan fingerprint density at radius 3 is 2.17 bits per heavy atom. The van der Waals surface area contributed by atoms with E-state index in [2.05, 4.69) is 31.2 Å². The number of benzene rings is 2. The van der Waals surface area contributed by atoms with Gasteiger partial charge in [-0.05, 0) is 79.7 Å². The van der Waals surface area contributed by atoms with Crippen molar-refractivity contribution < 1.29 is 8.78 Å². The molecule has 0 atom stereocenters. The van der Waals surface area contributed by atoms with Crippen LogP contribution < -0.4 is 0 Å². The van der Waals surface area contributed by atoms with E-state index in [-0.39, 0.29) is 0 Å². The normalized spacial score (nSPS) is 21.3. The third-order valence-electron chi connectivity index (χ3n) is 5.19. The van der Waals surface area contributed by atoms with Crippen molar-refractivity contribution in [2.24, 2.45) is 5.92 Å². The lowest BCUT2D eigenvalue weighted by molar-refractivity contribution is 0.328. The van der Waals surface area contributed by atoms with E-state index in [9.17, 15) is 8.78 Å². The number of rotatable bonds is 4. The molecule has 1 aliphatic carbocycles. The summed E-state index contributed by atoms with van der Waals surface area (Å²) in [6.45, 7) is 2.08. The largest absolute Gasteiger partial charge is 0.204 e. The first-order valence-corrected chi connectivity index (χ1v) is 8.84. The Morgan fingerprint density at radius 2 is 1.54 bits per heavy atom. The van der Waals surface area contributed by atoms with Crippen molar-refractivity contribution in [1.29, 1.82) is 0 Å². The fourth-order valence-corrected chi connectivity index (χ4v) is 3.68. The van der Waals surface area contributed by atoms with Gasteiger partial charge in [-0.3, -0.25) is 0 Å². The predicted molar refractivity (Wildman–Crippen MR) is 95.9 cm³/mol. The Balaban J connectivity index is 1.66. The fourth-order valence-electron chi connectivity index (χ4n) is 3.68. The first kappa shape index (κ1) is 16.9. The summed E-state index contributed by atoms with van der Waals surface area (Å²) in [5.74, 6) is -0.133. The summed E-state index contributed by atoms with van der Waals surface area (Å²) >= 11 is 0. The van der Waals surface area contributed by atoms with E-state index in [1.54, 1.807) is 6.07 Å². The van der Waals surface area contributed by atoms with Crippen molar-refractivity contribution in [3.8, 4) is 11.1 Å². The summed E-state index contributed by atoms with van der Waals surface area (Å²) in [4.78, 5) is 0. The quantitative estimate of drug-likeness (QED) is 0.538. The van der Waals surface area contributed by atoms with E-state index >= 15 is 0 Å². The van der Waals surface area contributed by atoms with E-state index in [0.717, 1.165) is 17.0 Å². The van der Waals surface area contributed by atoms with Gasteiger partial charge >= 0.3 is 0 Å². The number of hydrogen-bond donors (Lipinski definition) is 0. The average Bonchev–Trinajstić information content (AvgIpc) is 2.63. The Bertz CT molecular complexity index is 692. The number of halogens is 2. The first-order valence-electron chi connectivity index (χ1n) is 8.84. The zero-order valence-corrected chi connectivity index (χ0v) is 14.1. The van der Waals surface area contributed by atoms with Gasteiger partial charge in [0.15, 0.2) is 11.6 Å². The van der Waals surface area contributed by atoms with Gasteiger partial charge < -0.3 is 0 Å². The van der Waals surface area contributed by atoms with Gasteiger partial charge in [0.05, 0.1) is 0 Å². The maximum absolute atomic E-state index is 13.4. The SMILES string of the molecule is CC=CCC1CCC(c2ccc(-c3ccc(F)c(F)c3)cc2)CC1. The number of allylic oxidation sites excluding steroid dienone is 2. The minimum Gasteiger partial charge on any atom is -0.204 e. The fraction of sp³-hybridized carbons (Fsp3) is 0.364. The summed E-state index contributed by atoms with van der Waals surface area (Å²) in [5.41, 5.74) is 3.01. The topological polar surface area (TPSA) is 0 Å². The van der Waals surface area contributed by atoms with Gasteiger partial charge in [0.25, 0.3) is 0 Å². The predicted octanol–water partition coefficient (Wildman–Crippen LogP) is 6.87. The summed E-state index contributed by atoms with van der Waals surface area (Å²) in [7, 11) is 0. The van der Waals surface area contributed by atoms with Crippen LogP contribution in [0.4, 0.5) is 8.78 Å². The molecular weight excluding hydrogens is 302 g/mol. The van der Waals surface area contributed by atoms with E-state index < -0.39 is 11.6 Å². The summed E-state index contributed by atoms with van der Waals surface area (Å²) in [6, 6.07) is 12.4. The van der Waals surface area contributed by atoms with Crippen LogP contribution in [0.15, 0.2) is 54.6 Å². The molecule has 0 spiro atoms. The average molecular weight is 326 g/mol. The lowest BCUT2D eigenvalue weighted by atomic mass is 9.77. The molecule has 0 nitrogen and oxygen atoms in total. The minimum absolute atomic E-state index is 0.630. The van der Waals surface area contributed by atoms with E-state index in [4.69, 9.17) is 0 Å². The maximum Gasteiger partial charge on any atom is 0.159 e. The molecule has 24 heavy (non-hydrogen) atoms. The highest BCUT2D eigenvalue weighted by Gasteiger charge is 2.21. The van der Waals surface area contributed by atoms with Gasteiger partial charge in [-0.1, -0.05) is 42.5 Å². The van der Waals surface area contributed by atoms with Crippen molar-refractivity contribution in [3.05, 3.63) is 71.8 Å². The highest BCUT2D eigenvalue weighted by atomic mass is 19.2. The van der Waals surface area contributed by atoms with Crippen LogP contribution in [0, 0.1) is 17.6 Å². The molecule has 2 heteroatoms. The Morgan fingerprint density at radius 1 is 0.875 bits per heavy atom. The summed E-state index contributed by atoms with van der Waals surface area (Å²) < 4.78 is 26.4. The molecule has 0 radical (unpaired) electrons. The molecule has 0 heterocycles. The smallest absolute Gasteiger partial charge is 0.159 e. The second-order valence-electron chi connectivity index (χ2n) is 6.77. The van der Waals surface area contributed by atoms with Crippen LogP contribution in [0.3, 0.4) is 0 Å². The Labute approximate surface area is 143 Å². The van der Waals surface area contributed by atoms with Crippen molar-refractivity contribution in [2.75, 3.05) is 0 Å². The van der Waals surface area contributed by atoms with Crippen LogP contribution in [-0.2, 0) is 0 Å². The maximum atomic E-state index is 13.4. The van der Waals surface area contributed by atoms with Crippen LogP contribution in [0.2, 0.25) is 0 Å². The molecule has 2 aromatic rings.